The van der Waals surface area contributed by atoms with Gasteiger partial charge >= 0.3 is 11.9 Å². The lowest BCUT2D eigenvalue weighted by Gasteiger charge is -2.66. The van der Waals surface area contributed by atoms with Gasteiger partial charge in [-0.2, -0.15) is 0 Å². The van der Waals surface area contributed by atoms with Gasteiger partial charge in [-0.15, -0.1) is 0 Å². The number of Topliss-reactive ketones (excluding diaryl/α,β-unsaturated/α-hetero) is 1. The monoisotopic (exact) mass is 486 g/mol. The van der Waals surface area contributed by atoms with Crippen molar-refractivity contribution in [3.63, 3.8) is 0 Å². The molecule has 0 radical (unpaired) electrons. The Hall–Kier alpha value is -2.23. The van der Waals surface area contributed by atoms with Crippen LogP contribution >= 0.6 is 0 Å². The third-order valence-corrected chi connectivity index (χ3v) is 10.9. The number of carbonyl (C=O) groups is 3. The lowest BCUT2D eigenvalue weighted by atomic mass is 9.36. The normalized spacial score (nSPS) is 53.3. The molecule has 6 aliphatic rings. The van der Waals surface area contributed by atoms with Crippen LogP contribution in [0.5, 0.6) is 0 Å². The predicted molar refractivity (Wildman–Crippen MR) is 116 cm³/mol. The van der Waals surface area contributed by atoms with Gasteiger partial charge in [0.15, 0.2) is 6.10 Å². The van der Waals surface area contributed by atoms with Gasteiger partial charge in [-0.05, 0) is 39.2 Å². The van der Waals surface area contributed by atoms with Gasteiger partial charge in [-0.25, -0.2) is 4.79 Å². The minimum atomic E-state index is -1.25. The Labute approximate surface area is 202 Å². The maximum absolute atomic E-state index is 14.3. The highest BCUT2D eigenvalue weighted by Gasteiger charge is 2.91. The highest BCUT2D eigenvalue weighted by atomic mass is 16.7. The average Bonchev–Trinajstić information content (AvgIpc) is 3.28. The van der Waals surface area contributed by atoms with Crippen LogP contribution in [0.1, 0.15) is 58.6 Å². The molecule has 4 saturated heterocycles. The molecule has 35 heavy (non-hydrogen) atoms. The smallest absolute Gasteiger partial charge is 0.339 e. The molecule has 5 heterocycles. The fourth-order valence-corrected chi connectivity index (χ4v) is 9.28. The second kappa shape index (κ2) is 6.18. The summed E-state index contributed by atoms with van der Waals surface area (Å²) in [6, 6.07) is 1.71. The Morgan fingerprint density at radius 2 is 1.77 bits per heavy atom. The van der Waals surface area contributed by atoms with E-state index in [1.165, 1.54) is 12.5 Å². The van der Waals surface area contributed by atoms with Gasteiger partial charge in [0.25, 0.3) is 0 Å². The van der Waals surface area contributed by atoms with Crippen LogP contribution in [0, 0.1) is 28.1 Å². The highest BCUT2D eigenvalue weighted by Crippen LogP contribution is 2.79. The number of hydrogen-bond donors (Lipinski definition) is 1. The molecule has 7 rings (SSSR count). The molecule has 0 amide bonds. The largest absolute Gasteiger partial charge is 0.472 e. The van der Waals surface area contributed by atoms with Gasteiger partial charge in [-0.3, -0.25) is 9.59 Å². The lowest BCUT2D eigenvalue weighted by Crippen LogP contribution is -2.75. The van der Waals surface area contributed by atoms with E-state index in [2.05, 4.69) is 0 Å². The number of aliphatic hydroxyl groups excluding tert-OH is 1. The zero-order chi connectivity index (χ0) is 24.8. The van der Waals surface area contributed by atoms with Gasteiger partial charge in [-0.1, -0.05) is 6.92 Å². The first-order chi connectivity index (χ1) is 16.4. The van der Waals surface area contributed by atoms with Crippen molar-refractivity contribution in [2.24, 2.45) is 28.1 Å². The summed E-state index contributed by atoms with van der Waals surface area (Å²) in [5.41, 5.74) is -4.15. The second-order valence-corrected chi connectivity index (χ2v) is 12.3. The molecule has 6 fully saturated rings. The van der Waals surface area contributed by atoms with Gasteiger partial charge in [0.1, 0.15) is 24.1 Å². The molecular weight excluding hydrogens is 456 g/mol. The summed E-state index contributed by atoms with van der Waals surface area (Å²) in [4.78, 5) is 39.7. The summed E-state index contributed by atoms with van der Waals surface area (Å²) < 4.78 is 29.5. The topological polar surface area (TPSA) is 125 Å². The van der Waals surface area contributed by atoms with Crippen LogP contribution in [-0.2, 0) is 33.3 Å². The number of esters is 2. The fraction of sp³-hybridized carbons (Fsp3) is 0.731. The summed E-state index contributed by atoms with van der Waals surface area (Å²) >= 11 is 0. The molecule has 9 nitrogen and oxygen atoms in total. The predicted octanol–water partition coefficient (Wildman–Crippen LogP) is 2.11. The van der Waals surface area contributed by atoms with E-state index >= 15 is 0 Å². The molecule has 1 aromatic heterocycles. The van der Waals surface area contributed by atoms with Crippen molar-refractivity contribution in [1.29, 1.82) is 0 Å². The van der Waals surface area contributed by atoms with Gasteiger partial charge in [0.2, 0.25) is 0 Å². The third kappa shape index (κ3) is 2.14. The summed E-state index contributed by atoms with van der Waals surface area (Å²) in [6.07, 6.45) is 0.415. The number of ketones is 1. The van der Waals surface area contributed by atoms with Crippen molar-refractivity contribution < 1.29 is 42.9 Å². The molecule has 1 unspecified atom stereocenters. The minimum Gasteiger partial charge on any atom is -0.472 e. The Morgan fingerprint density at radius 1 is 1.00 bits per heavy atom. The summed E-state index contributed by atoms with van der Waals surface area (Å²) in [5.74, 6) is -1.47. The average molecular weight is 487 g/mol. The fourth-order valence-electron chi connectivity index (χ4n) is 9.28. The summed E-state index contributed by atoms with van der Waals surface area (Å²) in [5, 5.41) is 11.9. The Morgan fingerprint density at radius 3 is 2.49 bits per heavy atom. The van der Waals surface area contributed by atoms with E-state index in [-0.39, 0.29) is 43.5 Å². The maximum atomic E-state index is 14.3. The maximum Gasteiger partial charge on any atom is 0.339 e. The van der Waals surface area contributed by atoms with E-state index in [4.69, 9.17) is 23.4 Å². The van der Waals surface area contributed by atoms with E-state index < -0.39 is 63.8 Å². The molecule has 10 atom stereocenters. The van der Waals surface area contributed by atoms with Crippen molar-refractivity contribution in [3.05, 3.63) is 24.2 Å². The lowest BCUT2D eigenvalue weighted by molar-refractivity contribution is -0.252. The van der Waals surface area contributed by atoms with Crippen molar-refractivity contribution in [2.75, 3.05) is 6.61 Å². The van der Waals surface area contributed by atoms with E-state index in [9.17, 15) is 19.5 Å². The van der Waals surface area contributed by atoms with Gasteiger partial charge < -0.3 is 28.5 Å². The minimum absolute atomic E-state index is 0.00591. The van der Waals surface area contributed by atoms with Crippen molar-refractivity contribution >= 4 is 17.7 Å². The molecule has 2 spiro atoms. The van der Waals surface area contributed by atoms with E-state index in [0.29, 0.717) is 5.56 Å². The van der Waals surface area contributed by atoms with E-state index in [1.807, 2.05) is 27.7 Å². The van der Waals surface area contributed by atoms with Crippen LogP contribution < -0.4 is 0 Å². The standard InChI is InChI=1S/C26H30O9/c1-22(2)13-7-15(27)23(3)14(25(13)11-32-18(29)9-17(25)34-22)8-16(28)24(4)19(12-5-6-31-10-12)33-21(30)20-26(23,24)35-20/h5-6,10,13-14,16-17,19-20,28H,7-9,11H2,1-4H3/t13-,14?,16-,17-,19-,20+,23-,24-,25-,26-/m0/s1. The van der Waals surface area contributed by atoms with Crippen molar-refractivity contribution in [2.45, 2.75) is 82.6 Å². The first-order valence-electron chi connectivity index (χ1n) is 12.4. The number of furan rings is 1. The van der Waals surface area contributed by atoms with Crippen LogP contribution in [0.25, 0.3) is 0 Å². The van der Waals surface area contributed by atoms with E-state index in [1.54, 1.807) is 6.07 Å². The summed E-state index contributed by atoms with van der Waals surface area (Å²) in [7, 11) is 0. The van der Waals surface area contributed by atoms with Crippen LogP contribution in [-0.4, -0.2) is 58.9 Å². The zero-order valence-corrected chi connectivity index (χ0v) is 20.2. The number of rotatable bonds is 1. The number of epoxide rings is 1. The molecule has 2 aliphatic carbocycles. The van der Waals surface area contributed by atoms with Gasteiger partial charge in [0, 0.05) is 23.3 Å². The SMILES string of the molecule is CC1(C)O[C@H]2CC(=O)OC[C@]23C2C[C@H](O)[C@@]4(C)[C@H](c5ccoc5)OC(=O)[C@H]5O[C@]54[C@]2(C)C(=O)C[C@@H]13. The Balaban J connectivity index is 1.44. The molecule has 2 saturated carbocycles. The zero-order valence-electron chi connectivity index (χ0n) is 20.2. The van der Waals surface area contributed by atoms with Crippen LogP contribution in [0.4, 0.5) is 0 Å². The van der Waals surface area contributed by atoms with Crippen molar-refractivity contribution in [1.82, 2.24) is 0 Å². The van der Waals surface area contributed by atoms with Crippen molar-refractivity contribution in [3.8, 4) is 0 Å². The third-order valence-electron chi connectivity index (χ3n) is 10.9. The molecule has 188 valence electrons. The highest BCUT2D eigenvalue weighted by molar-refractivity contribution is 5.93. The second-order valence-electron chi connectivity index (χ2n) is 12.3. The molecule has 0 bridgehead atoms. The number of aliphatic hydroxyl groups is 1. The number of fused-ring (bicyclic) bond motifs is 1. The molecule has 0 aromatic carbocycles. The van der Waals surface area contributed by atoms with Gasteiger partial charge in [0.05, 0.1) is 47.6 Å². The molecule has 1 N–H and O–H groups in total. The van der Waals surface area contributed by atoms with Crippen LogP contribution in [0.15, 0.2) is 23.0 Å². The molecule has 9 heteroatoms. The first-order valence-corrected chi connectivity index (χ1v) is 12.4. The van der Waals surface area contributed by atoms with Crippen LogP contribution in [0.3, 0.4) is 0 Å². The molecule has 1 aromatic rings. The number of cyclic esters (lactones) is 2. The van der Waals surface area contributed by atoms with Crippen LogP contribution in [0.2, 0.25) is 0 Å². The molecular formula is C26H30O9. The first kappa shape index (κ1) is 22.0. The Kier molecular flexibility index (Phi) is 3.88. The Bertz CT molecular complexity index is 1160. The quantitative estimate of drug-likeness (QED) is 0.469. The molecule has 4 aliphatic heterocycles. The number of carbonyl (C=O) groups excluding carboxylic acids is 3. The van der Waals surface area contributed by atoms with E-state index in [0.717, 1.165) is 0 Å². The number of hydrogen-bond acceptors (Lipinski definition) is 9. The number of ether oxygens (including phenoxy) is 4. The summed E-state index contributed by atoms with van der Waals surface area (Å²) in [6.45, 7) is 7.79.